The summed E-state index contributed by atoms with van der Waals surface area (Å²) in [5.74, 6) is 0. The van der Waals surface area contributed by atoms with Crippen LogP contribution in [-0.2, 0) is 0 Å². The number of hydrogen-bond donors (Lipinski definition) is 0. The molecule has 0 spiro atoms. The van der Waals surface area contributed by atoms with Gasteiger partial charge in [0.25, 0.3) is 0 Å². The predicted octanol–water partition coefficient (Wildman–Crippen LogP) is 8.94. The van der Waals surface area contributed by atoms with Crippen molar-refractivity contribution in [3.05, 3.63) is 140 Å². The van der Waals surface area contributed by atoms with Crippen molar-refractivity contribution in [2.45, 2.75) is 0 Å². The maximum atomic E-state index is 4.92. The predicted molar refractivity (Wildman–Crippen MR) is 158 cm³/mol. The van der Waals surface area contributed by atoms with E-state index in [0.29, 0.717) is 0 Å². The van der Waals surface area contributed by atoms with E-state index >= 15 is 0 Å². The van der Waals surface area contributed by atoms with Gasteiger partial charge in [0.15, 0.2) is 0 Å². The van der Waals surface area contributed by atoms with Crippen LogP contribution in [0, 0.1) is 0 Å². The van der Waals surface area contributed by atoms with E-state index in [1.165, 1.54) is 38.1 Å². The topological polar surface area (TPSA) is 22.8 Å². The number of aromatic nitrogens is 3. The lowest BCUT2D eigenvalue weighted by Crippen LogP contribution is -1.94. The molecule has 3 heteroatoms. The quantitative estimate of drug-likeness (QED) is 0.245. The van der Waals surface area contributed by atoms with E-state index in [4.69, 9.17) is 4.98 Å². The Kier molecular flexibility index (Phi) is 4.52. The molecule has 0 saturated carbocycles. The van der Waals surface area contributed by atoms with Crippen molar-refractivity contribution < 1.29 is 0 Å². The lowest BCUT2D eigenvalue weighted by atomic mass is 10.0. The van der Waals surface area contributed by atoms with Crippen molar-refractivity contribution in [1.82, 2.24) is 14.1 Å². The first-order chi connectivity index (χ1) is 18.9. The third kappa shape index (κ3) is 2.99. The molecule has 0 atom stereocenters. The number of fused-ring (bicyclic) bond motifs is 6. The molecule has 8 aromatic rings. The Labute approximate surface area is 219 Å². The van der Waals surface area contributed by atoms with Crippen LogP contribution in [0.4, 0.5) is 0 Å². The number of rotatable bonds is 3. The second kappa shape index (κ2) is 8.19. The van der Waals surface area contributed by atoms with Gasteiger partial charge in [-0.15, -0.1) is 0 Å². The minimum atomic E-state index is 1.00. The average molecular weight is 486 g/mol. The fourth-order valence-electron chi connectivity index (χ4n) is 5.95. The first kappa shape index (κ1) is 21.0. The van der Waals surface area contributed by atoms with Gasteiger partial charge in [0.05, 0.1) is 27.8 Å². The van der Waals surface area contributed by atoms with Crippen LogP contribution in [0.15, 0.2) is 140 Å². The molecule has 3 heterocycles. The summed E-state index contributed by atoms with van der Waals surface area (Å²) in [6.45, 7) is 0. The molecular formula is C35H23N3. The summed E-state index contributed by atoms with van der Waals surface area (Å²) in [4.78, 5) is 4.92. The van der Waals surface area contributed by atoms with Crippen molar-refractivity contribution in [3.63, 3.8) is 0 Å². The van der Waals surface area contributed by atoms with Crippen LogP contribution in [0.3, 0.4) is 0 Å². The van der Waals surface area contributed by atoms with Gasteiger partial charge in [-0.05, 0) is 48.5 Å². The molecule has 3 aromatic heterocycles. The van der Waals surface area contributed by atoms with Gasteiger partial charge >= 0.3 is 0 Å². The van der Waals surface area contributed by atoms with Crippen molar-refractivity contribution in [2.24, 2.45) is 0 Å². The van der Waals surface area contributed by atoms with E-state index in [0.717, 1.165) is 28.1 Å². The highest BCUT2D eigenvalue weighted by Gasteiger charge is 2.20. The van der Waals surface area contributed by atoms with E-state index in [9.17, 15) is 0 Å². The Bertz CT molecular complexity index is 2100. The molecule has 0 aliphatic heterocycles. The Morgan fingerprint density at radius 2 is 0.974 bits per heavy atom. The van der Waals surface area contributed by atoms with Crippen molar-refractivity contribution in [1.29, 1.82) is 0 Å². The van der Waals surface area contributed by atoms with Crippen molar-refractivity contribution in [2.75, 3.05) is 0 Å². The molecule has 0 aliphatic carbocycles. The zero-order chi connectivity index (χ0) is 25.1. The molecule has 0 fully saturated rings. The van der Waals surface area contributed by atoms with Gasteiger partial charge < -0.3 is 9.13 Å². The smallest absolute Gasteiger partial charge is 0.0802 e. The number of hydrogen-bond acceptors (Lipinski definition) is 1. The summed E-state index contributed by atoms with van der Waals surface area (Å²) < 4.78 is 4.77. The summed E-state index contributed by atoms with van der Waals surface area (Å²) in [6.07, 6.45) is 1.93. The Morgan fingerprint density at radius 3 is 1.68 bits per heavy atom. The molecule has 5 aromatic carbocycles. The third-order valence-corrected chi connectivity index (χ3v) is 7.55. The first-order valence-corrected chi connectivity index (χ1v) is 12.9. The highest BCUT2D eigenvalue weighted by Crippen LogP contribution is 2.41. The normalized spacial score (nSPS) is 11.7. The molecule has 0 aliphatic rings. The van der Waals surface area contributed by atoms with Crippen molar-refractivity contribution >= 4 is 43.6 Å². The van der Waals surface area contributed by atoms with Crippen LogP contribution in [0.25, 0.3) is 66.2 Å². The standard InChI is InChI=1S/C35H23N3/c1-4-12-24(13-5-1)35-34-29-23-32-28(27-18-10-11-19-30(27)37(32)25-14-6-2-7-15-25)22-33(29)38(31(34)20-21-36-35)26-16-8-3-9-17-26/h1-23H. The van der Waals surface area contributed by atoms with Crippen LogP contribution < -0.4 is 0 Å². The van der Waals surface area contributed by atoms with Crippen LogP contribution in [0.1, 0.15) is 0 Å². The van der Waals surface area contributed by atoms with Gasteiger partial charge in [-0.3, -0.25) is 4.98 Å². The first-order valence-electron chi connectivity index (χ1n) is 12.9. The second-order valence-corrected chi connectivity index (χ2v) is 9.67. The number of benzene rings is 5. The van der Waals surface area contributed by atoms with Crippen molar-refractivity contribution in [3.8, 4) is 22.6 Å². The highest BCUT2D eigenvalue weighted by atomic mass is 15.0. The number of pyridine rings is 1. The molecule has 0 N–H and O–H groups in total. The SMILES string of the molecule is c1ccc(-c2nccc3c2c2cc4c(cc2n3-c2ccccc2)c2ccccc2n4-c2ccccc2)cc1. The van der Waals surface area contributed by atoms with E-state index < -0.39 is 0 Å². The summed E-state index contributed by atoms with van der Waals surface area (Å²) in [5.41, 5.74) is 9.16. The molecule has 3 nitrogen and oxygen atoms in total. The Hall–Kier alpha value is -5.15. The maximum absolute atomic E-state index is 4.92. The van der Waals surface area contributed by atoms with E-state index in [-0.39, 0.29) is 0 Å². The maximum Gasteiger partial charge on any atom is 0.0802 e. The van der Waals surface area contributed by atoms with E-state index in [1.54, 1.807) is 0 Å². The molecule has 0 saturated heterocycles. The van der Waals surface area contributed by atoms with Gasteiger partial charge in [0.1, 0.15) is 0 Å². The summed E-state index contributed by atoms with van der Waals surface area (Å²) in [5, 5.41) is 4.86. The van der Waals surface area contributed by atoms with Gasteiger partial charge in [-0.2, -0.15) is 0 Å². The van der Waals surface area contributed by atoms with Gasteiger partial charge in [-0.25, -0.2) is 0 Å². The molecule has 0 amide bonds. The zero-order valence-corrected chi connectivity index (χ0v) is 20.6. The largest absolute Gasteiger partial charge is 0.309 e. The van der Waals surface area contributed by atoms with Crippen LogP contribution >= 0.6 is 0 Å². The molecule has 178 valence electrons. The molecular weight excluding hydrogens is 462 g/mol. The Morgan fingerprint density at radius 1 is 0.421 bits per heavy atom. The monoisotopic (exact) mass is 485 g/mol. The lowest BCUT2D eigenvalue weighted by Gasteiger charge is -2.09. The minimum absolute atomic E-state index is 1.00. The zero-order valence-electron chi connectivity index (χ0n) is 20.6. The van der Waals surface area contributed by atoms with Gasteiger partial charge in [-0.1, -0.05) is 84.9 Å². The third-order valence-electron chi connectivity index (χ3n) is 7.55. The van der Waals surface area contributed by atoms with Gasteiger partial charge in [0, 0.05) is 44.7 Å². The molecule has 0 bridgehead atoms. The lowest BCUT2D eigenvalue weighted by molar-refractivity contribution is 1.17. The highest BCUT2D eigenvalue weighted by molar-refractivity contribution is 6.21. The average Bonchev–Trinajstić information content (AvgIpc) is 3.49. The van der Waals surface area contributed by atoms with E-state index in [1.807, 2.05) is 6.20 Å². The fourth-order valence-corrected chi connectivity index (χ4v) is 5.95. The second-order valence-electron chi connectivity index (χ2n) is 9.67. The molecule has 0 radical (unpaired) electrons. The molecule has 38 heavy (non-hydrogen) atoms. The summed E-state index contributed by atoms with van der Waals surface area (Å²) in [7, 11) is 0. The number of nitrogens with zero attached hydrogens (tertiary/aromatic N) is 3. The number of para-hydroxylation sites is 3. The van der Waals surface area contributed by atoms with E-state index in [2.05, 4.69) is 143 Å². The van der Waals surface area contributed by atoms with Crippen LogP contribution in [-0.4, -0.2) is 14.1 Å². The Balaban J connectivity index is 1.60. The summed E-state index contributed by atoms with van der Waals surface area (Å²) >= 11 is 0. The molecule has 8 rings (SSSR count). The van der Waals surface area contributed by atoms with Crippen LogP contribution in [0.2, 0.25) is 0 Å². The molecule has 0 unspecified atom stereocenters. The van der Waals surface area contributed by atoms with Crippen LogP contribution in [0.5, 0.6) is 0 Å². The minimum Gasteiger partial charge on any atom is -0.309 e. The summed E-state index contributed by atoms with van der Waals surface area (Å²) in [6, 6.07) is 47.4. The fraction of sp³-hybridized carbons (Fsp3) is 0. The van der Waals surface area contributed by atoms with Gasteiger partial charge in [0.2, 0.25) is 0 Å².